The molecule has 0 bridgehead atoms. The molecule has 1 N–H and O–H groups in total. The Balaban J connectivity index is 1.63. The van der Waals surface area contributed by atoms with E-state index in [0.717, 1.165) is 15.7 Å². The largest absolute Gasteiger partial charge is 0.324 e. The summed E-state index contributed by atoms with van der Waals surface area (Å²) >= 11 is 3.33. The number of sulfonamides is 1. The molecule has 8 heteroatoms. The fourth-order valence-corrected chi connectivity index (χ4v) is 5.64. The third kappa shape index (κ3) is 5.11. The molecule has 6 nitrogen and oxygen atoms in total. The quantitative estimate of drug-likeness (QED) is 0.662. The van der Waals surface area contributed by atoms with Gasteiger partial charge in [-0.2, -0.15) is 4.31 Å². The minimum Gasteiger partial charge on any atom is -0.324 e. The smallest absolute Gasteiger partial charge is 0.243 e. The zero-order valence-electron chi connectivity index (χ0n) is 17.5. The van der Waals surface area contributed by atoms with Gasteiger partial charge in [0.1, 0.15) is 0 Å². The van der Waals surface area contributed by atoms with Crippen LogP contribution in [0.3, 0.4) is 0 Å². The molecule has 1 aliphatic heterocycles. The van der Waals surface area contributed by atoms with Crippen LogP contribution in [-0.2, 0) is 14.8 Å². The van der Waals surface area contributed by atoms with Gasteiger partial charge in [-0.05, 0) is 42.7 Å². The summed E-state index contributed by atoms with van der Waals surface area (Å²) in [6.45, 7) is 7.79. The number of para-hydroxylation sites is 1. The number of halogens is 1. The SMILES string of the molecule is CC(C)c1ccccc1NC(=O)C(C)N1CCN(S(=O)(=O)c2cccc(Br)c2)CC1. The number of anilines is 1. The van der Waals surface area contributed by atoms with Gasteiger partial charge in [0, 0.05) is 36.3 Å². The second-order valence-corrected chi connectivity index (χ2v) is 10.7. The van der Waals surface area contributed by atoms with Crippen molar-refractivity contribution in [3.8, 4) is 0 Å². The lowest BCUT2D eigenvalue weighted by molar-refractivity contribution is -0.121. The van der Waals surface area contributed by atoms with Gasteiger partial charge in [0.15, 0.2) is 0 Å². The minimum atomic E-state index is -3.54. The molecule has 0 radical (unpaired) electrons. The van der Waals surface area contributed by atoms with Crippen LogP contribution in [0, 0.1) is 0 Å². The second-order valence-electron chi connectivity index (χ2n) is 7.80. The van der Waals surface area contributed by atoms with E-state index in [0.29, 0.717) is 32.1 Å². The first-order valence-corrected chi connectivity index (χ1v) is 12.3. The fraction of sp³-hybridized carbons (Fsp3) is 0.409. The summed E-state index contributed by atoms with van der Waals surface area (Å²) in [7, 11) is -3.54. The molecule has 30 heavy (non-hydrogen) atoms. The summed E-state index contributed by atoms with van der Waals surface area (Å²) in [6, 6.07) is 14.2. The van der Waals surface area contributed by atoms with Gasteiger partial charge >= 0.3 is 0 Å². The molecule has 1 heterocycles. The van der Waals surface area contributed by atoms with Crippen LogP contribution in [0.15, 0.2) is 57.9 Å². The molecule has 0 spiro atoms. The van der Waals surface area contributed by atoms with Crippen molar-refractivity contribution >= 4 is 37.5 Å². The summed E-state index contributed by atoms with van der Waals surface area (Å²) in [5.74, 6) is 0.231. The maximum Gasteiger partial charge on any atom is 0.243 e. The number of carbonyl (C=O) groups is 1. The van der Waals surface area contributed by atoms with Crippen molar-refractivity contribution in [2.75, 3.05) is 31.5 Å². The summed E-state index contributed by atoms with van der Waals surface area (Å²) < 4.78 is 28.0. The van der Waals surface area contributed by atoms with Crippen LogP contribution in [0.5, 0.6) is 0 Å². The molecular formula is C22H28BrN3O3S. The molecule has 0 saturated carbocycles. The van der Waals surface area contributed by atoms with Gasteiger partial charge < -0.3 is 5.32 Å². The maximum absolute atomic E-state index is 12.9. The first-order valence-electron chi connectivity index (χ1n) is 10.1. The van der Waals surface area contributed by atoms with Crippen molar-refractivity contribution in [1.82, 2.24) is 9.21 Å². The topological polar surface area (TPSA) is 69.7 Å². The van der Waals surface area contributed by atoms with Gasteiger partial charge in [-0.3, -0.25) is 9.69 Å². The van der Waals surface area contributed by atoms with Crippen LogP contribution in [0.25, 0.3) is 0 Å². The standard InChI is InChI=1S/C22H28BrN3O3S/c1-16(2)20-9-4-5-10-21(20)24-22(27)17(3)25-11-13-26(14-12-25)30(28,29)19-8-6-7-18(23)15-19/h4-10,15-17H,11-14H2,1-3H3,(H,24,27). The summed E-state index contributed by atoms with van der Waals surface area (Å²) in [4.78, 5) is 15.1. The Morgan fingerprint density at radius 1 is 1.00 bits per heavy atom. The highest BCUT2D eigenvalue weighted by molar-refractivity contribution is 9.10. The van der Waals surface area contributed by atoms with Gasteiger partial charge in [0.2, 0.25) is 15.9 Å². The van der Waals surface area contributed by atoms with E-state index in [1.807, 2.05) is 36.1 Å². The van der Waals surface area contributed by atoms with E-state index in [2.05, 4.69) is 35.1 Å². The number of nitrogens with zero attached hydrogens (tertiary/aromatic N) is 2. The van der Waals surface area contributed by atoms with Gasteiger partial charge in [-0.25, -0.2) is 8.42 Å². The third-order valence-corrected chi connectivity index (χ3v) is 7.86. The molecule has 0 aliphatic carbocycles. The second kappa shape index (κ2) is 9.60. The predicted molar refractivity (Wildman–Crippen MR) is 123 cm³/mol. The highest BCUT2D eigenvalue weighted by atomic mass is 79.9. The lowest BCUT2D eigenvalue weighted by Gasteiger charge is -2.36. The van der Waals surface area contributed by atoms with Crippen LogP contribution < -0.4 is 5.32 Å². The number of rotatable bonds is 6. The van der Waals surface area contributed by atoms with E-state index in [9.17, 15) is 13.2 Å². The Labute approximate surface area is 187 Å². The van der Waals surface area contributed by atoms with Crippen LogP contribution in [0.1, 0.15) is 32.3 Å². The molecule has 162 valence electrons. The first-order chi connectivity index (χ1) is 14.2. The van der Waals surface area contributed by atoms with E-state index in [-0.39, 0.29) is 16.8 Å². The minimum absolute atomic E-state index is 0.0774. The Morgan fingerprint density at radius 2 is 1.67 bits per heavy atom. The van der Waals surface area contributed by atoms with E-state index in [1.54, 1.807) is 24.3 Å². The molecule has 1 saturated heterocycles. The number of carbonyl (C=O) groups excluding carboxylic acids is 1. The fourth-order valence-electron chi connectivity index (χ4n) is 3.63. The first kappa shape index (κ1) is 22.9. The van der Waals surface area contributed by atoms with E-state index in [1.165, 1.54) is 4.31 Å². The zero-order chi connectivity index (χ0) is 21.9. The monoisotopic (exact) mass is 493 g/mol. The Morgan fingerprint density at radius 3 is 2.30 bits per heavy atom. The Hall–Kier alpha value is -1.74. The maximum atomic E-state index is 12.9. The average molecular weight is 494 g/mol. The highest BCUT2D eigenvalue weighted by Crippen LogP contribution is 2.25. The van der Waals surface area contributed by atoms with Gasteiger partial charge in [0.25, 0.3) is 0 Å². The molecule has 1 atom stereocenters. The van der Waals surface area contributed by atoms with Crippen molar-refractivity contribution < 1.29 is 13.2 Å². The molecule has 0 aromatic heterocycles. The third-order valence-electron chi connectivity index (χ3n) is 5.47. The highest BCUT2D eigenvalue weighted by Gasteiger charge is 2.32. The Kier molecular flexibility index (Phi) is 7.34. The van der Waals surface area contributed by atoms with Crippen LogP contribution in [-0.4, -0.2) is 55.8 Å². The molecule has 2 aromatic carbocycles. The molecule has 1 unspecified atom stereocenters. The van der Waals surface area contributed by atoms with Gasteiger partial charge in [-0.15, -0.1) is 0 Å². The van der Waals surface area contributed by atoms with Crippen molar-refractivity contribution in [3.63, 3.8) is 0 Å². The zero-order valence-corrected chi connectivity index (χ0v) is 19.9. The van der Waals surface area contributed by atoms with E-state index >= 15 is 0 Å². The van der Waals surface area contributed by atoms with E-state index in [4.69, 9.17) is 0 Å². The van der Waals surface area contributed by atoms with Crippen LogP contribution in [0.4, 0.5) is 5.69 Å². The number of benzene rings is 2. The van der Waals surface area contributed by atoms with Gasteiger partial charge in [0.05, 0.1) is 10.9 Å². The van der Waals surface area contributed by atoms with Crippen molar-refractivity contribution in [3.05, 3.63) is 58.6 Å². The summed E-state index contributed by atoms with van der Waals surface area (Å²) in [5.41, 5.74) is 1.93. The normalized spacial score (nSPS) is 17.1. The number of nitrogens with one attached hydrogen (secondary N) is 1. The molecule has 1 aliphatic rings. The summed E-state index contributed by atoms with van der Waals surface area (Å²) in [6.07, 6.45) is 0. The molecule has 1 fully saturated rings. The van der Waals surface area contributed by atoms with Crippen LogP contribution >= 0.6 is 15.9 Å². The summed E-state index contributed by atoms with van der Waals surface area (Å²) in [5, 5.41) is 3.04. The molecular weight excluding hydrogens is 466 g/mol. The number of hydrogen-bond donors (Lipinski definition) is 1. The molecule has 2 aromatic rings. The molecule has 3 rings (SSSR count). The number of piperazine rings is 1. The van der Waals surface area contributed by atoms with E-state index < -0.39 is 10.0 Å². The number of hydrogen-bond acceptors (Lipinski definition) is 4. The predicted octanol–water partition coefficient (Wildman–Crippen LogP) is 3.91. The van der Waals surface area contributed by atoms with Crippen molar-refractivity contribution in [2.45, 2.75) is 37.6 Å². The average Bonchev–Trinajstić information content (AvgIpc) is 2.73. The van der Waals surface area contributed by atoms with Gasteiger partial charge in [-0.1, -0.05) is 54.0 Å². The number of amides is 1. The van der Waals surface area contributed by atoms with Crippen molar-refractivity contribution in [1.29, 1.82) is 0 Å². The molecule has 1 amide bonds. The lowest BCUT2D eigenvalue weighted by Crippen LogP contribution is -2.53. The van der Waals surface area contributed by atoms with Crippen molar-refractivity contribution in [2.24, 2.45) is 0 Å². The van der Waals surface area contributed by atoms with Crippen LogP contribution in [0.2, 0.25) is 0 Å². The Bertz CT molecular complexity index is 1000. The lowest BCUT2D eigenvalue weighted by atomic mass is 10.0.